The third-order valence-electron chi connectivity index (χ3n) is 4.59. The maximum atomic E-state index is 13.2. The van der Waals surface area contributed by atoms with Crippen LogP contribution in [0.15, 0.2) is 78.9 Å². The number of carbonyl (C=O) groups is 2. The molecule has 0 saturated heterocycles. The van der Waals surface area contributed by atoms with Gasteiger partial charge in [-0.3, -0.25) is 9.59 Å². The van der Waals surface area contributed by atoms with E-state index < -0.39 is 0 Å². The first-order valence-electron chi connectivity index (χ1n) is 9.69. The molecule has 0 aliphatic heterocycles. The van der Waals surface area contributed by atoms with Crippen molar-refractivity contribution in [3.05, 3.63) is 95.0 Å². The molecule has 3 aromatic carbocycles. The molecular formula is C25H23ClN2O3. The molecule has 0 fully saturated rings. The molecule has 0 atom stereocenters. The Morgan fingerprint density at radius 2 is 1.65 bits per heavy atom. The van der Waals surface area contributed by atoms with E-state index in [0.717, 1.165) is 11.1 Å². The quantitative estimate of drug-likeness (QED) is 0.421. The molecule has 2 amide bonds. The minimum Gasteiger partial charge on any atom is -0.495 e. The minimum atomic E-state index is -0.358. The molecule has 0 aliphatic rings. The molecule has 6 heteroatoms. The molecule has 0 unspecified atom stereocenters. The highest BCUT2D eigenvalue weighted by molar-refractivity contribution is 6.31. The van der Waals surface area contributed by atoms with Crippen LogP contribution in [0.1, 0.15) is 11.1 Å². The summed E-state index contributed by atoms with van der Waals surface area (Å²) in [6, 6.07) is 23.9. The predicted octanol–water partition coefficient (Wildman–Crippen LogP) is 4.99. The lowest BCUT2D eigenvalue weighted by atomic mass is 10.0. The monoisotopic (exact) mass is 434 g/mol. The number of methoxy groups -OCH3 is 1. The number of halogens is 1. The first-order chi connectivity index (χ1) is 15.0. The van der Waals surface area contributed by atoms with E-state index in [4.69, 9.17) is 16.3 Å². The molecule has 3 rings (SSSR count). The Balaban J connectivity index is 1.79. The fourth-order valence-electron chi connectivity index (χ4n) is 3.06. The Morgan fingerprint density at radius 1 is 1.00 bits per heavy atom. The van der Waals surface area contributed by atoms with Gasteiger partial charge in [-0.1, -0.05) is 72.3 Å². The summed E-state index contributed by atoms with van der Waals surface area (Å²) in [7, 11) is 3.11. The number of hydrogen-bond acceptors (Lipinski definition) is 3. The van der Waals surface area contributed by atoms with Crippen LogP contribution in [0.25, 0.3) is 11.6 Å². The van der Waals surface area contributed by atoms with Crippen LogP contribution in [-0.2, 0) is 9.59 Å². The molecule has 0 radical (unpaired) electrons. The number of benzene rings is 3. The van der Waals surface area contributed by atoms with Crippen molar-refractivity contribution >= 4 is 40.8 Å². The largest absolute Gasteiger partial charge is 0.495 e. The van der Waals surface area contributed by atoms with Gasteiger partial charge in [0.15, 0.2) is 0 Å². The van der Waals surface area contributed by atoms with E-state index in [0.29, 0.717) is 22.0 Å². The van der Waals surface area contributed by atoms with Crippen molar-refractivity contribution in [2.75, 3.05) is 26.0 Å². The Bertz CT molecular complexity index is 1080. The standard InChI is InChI=1S/C25H23ClN2O3/c1-28(17-24(29)27-22-16-20(26)13-14-23(22)31-2)25(30)21(19-11-7-4-8-12-19)15-18-9-5-3-6-10-18/h3-16H,17H2,1-2H3,(H,27,29). The van der Waals surface area contributed by atoms with Gasteiger partial charge in [-0.15, -0.1) is 0 Å². The van der Waals surface area contributed by atoms with Gasteiger partial charge < -0.3 is 15.0 Å². The molecule has 0 aromatic heterocycles. The van der Waals surface area contributed by atoms with Crippen molar-refractivity contribution in [3.63, 3.8) is 0 Å². The van der Waals surface area contributed by atoms with Crippen molar-refractivity contribution in [1.82, 2.24) is 4.90 Å². The molecule has 0 bridgehead atoms. The number of amides is 2. The molecule has 31 heavy (non-hydrogen) atoms. The van der Waals surface area contributed by atoms with Gasteiger partial charge in [0, 0.05) is 17.6 Å². The van der Waals surface area contributed by atoms with Crippen LogP contribution in [0.2, 0.25) is 5.02 Å². The minimum absolute atomic E-state index is 0.131. The van der Waals surface area contributed by atoms with Crippen LogP contribution < -0.4 is 10.1 Å². The Morgan fingerprint density at radius 3 is 2.29 bits per heavy atom. The molecular weight excluding hydrogens is 412 g/mol. The third kappa shape index (κ3) is 5.96. The Kier molecular flexibility index (Phi) is 7.46. The Labute approximate surface area is 186 Å². The first kappa shape index (κ1) is 22.1. The van der Waals surface area contributed by atoms with Crippen LogP contribution in [0.3, 0.4) is 0 Å². The number of nitrogens with one attached hydrogen (secondary N) is 1. The average molecular weight is 435 g/mol. The highest BCUT2D eigenvalue weighted by Crippen LogP contribution is 2.27. The second-order valence-corrected chi connectivity index (χ2v) is 7.33. The maximum absolute atomic E-state index is 13.2. The molecule has 1 N–H and O–H groups in total. The van der Waals surface area contributed by atoms with Gasteiger partial charge in [-0.05, 0) is 35.4 Å². The second-order valence-electron chi connectivity index (χ2n) is 6.89. The van der Waals surface area contributed by atoms with Crippen molar-refractivity contribution in [1.29, 1.82) is 0 Å². The number of hydrogen-bond donors (Lipinski definition) is 1. The number of nitrogens with zero attached hydrogens (tertiary/aromatic N) is 1. The normalized spacial score (nSPS) is 11.0. The zero-order valence-corrected chi connectivity index (χ0v) is 18.1. The zero-order chi connectivity index (χ0) is 22.2. The van der Waals surface area contributed by atoms with E-state index in [-0.39, 0.29) is 18.4 Å². The van der Waals surface area contributed by atoms with Crippen molar-refractivity contribution in [2.45, 2.75) is 0 Å². The van der Waals surface area contributed by atoms with Crippen molar-refractivity contribution in [3.8, 4) is 5.75 Å². The van der Waals surface area contributed by atoms with Gasteiger partial charge in [0.05, 0.1) is 19.3 Å². The predicted molar refractivity (Wildman–Crippen MR) is 125 cm³/mol. The lowest BCUT2D eigenvalue weighted by molar-refractivity contribution is -0.128. The van der Waals surface area contributed by atoms with E-state index in [1.54, 1.807) is 25.2 Å². The second kappa shape index (κ2) is 10.5. The van der Waals surface area contributed by atoms with E-state index in [1.165, 1.54) is 12.0 Å². The summed E-state index contributed by atoms with van der Waals surface area (Å²) in [5.74, 6) is -0.132. The number of rotatable bonds is 7. The molecule has 0 spiro atoms. The number of anilines is 1. The lowest BCUT2D eigenvalue weighted by Crippen LogP contribution is -2.35. The summed E-state index contributed by atoms with van der Waals surface area (Å²) in [4.78, 5) is 27.2. The lowest BCUT2D eigenvalue weighted by Gasteiger charge is -2.19. The van der Waals surface area contributed by atoms with Gasteiger partial charge in [0.1, 0.15) is 5.75 Å². The Hall–Kier alpha value is -3.57. The van der Waals surface area contributed by atoms with E-state index in [1.807, 2.05) is 66.7 Å². The van der Waals surface area contributed by atoms with Crippen LogP contribution in [0, 0.1) is 0 Å². The van der Waals surface area contributed by atoms with Gasteiger partial charge in [-0.25, -0.2) is 0 Å². The summed E-state index contributed by atoms with van der Waals surface area (Å²) < 4.78 is 5.25. The van der Waals surface area contributed by atoms with Crippen LogP contribution in [-0.4, -0.2) is 37.4 Å². The fraction of sp³-hybridized carbons (Fsp3) is 0.120. The number of ether oxygens (including phenoxy) is 1. The molecule has 0 aliphatic carbocycles. The van der Waals surface area contributed by atoms with E-state index in [2.05, 4.69) is 5.32 Å². The summed E-state index contributed by atoms with van der Waals surface area (Å²) in [5, 5.41) is 3.22. The van der Waals surface area contributed by atoms with Gasteiger partial charge in [-0.2, -0.15) is 0 Å². The molecule has 0 saturated carbocycles. The van der Waals surface area contributed by atoms with Crippen molar-refractivity contribution in [2.24, 2.45) is 0 Å². The van der Waals surface area contributed by atoms with Crippen LogP contribution in [0.4, 0.5) is 5.69 Å². The molecule has 3 aromatic rings. The summed E-state index contributed by atoms with van der Waals surface area (Å²) in [6.45, 7) is -0.131. The maximum Gasteiger partial charge on any atom is 0.254 e. The van der Waals surface area contributed by atoms with Crippen LogP contribution in [0.5, 0.6) is 5.75 Å². The zero-order valence-electron chi connectivity index (χ0n) is 17.3. The topological polar surface area (TPSA) is 58.6 Å². The third-order valence-corrected chi connectivity index (χ3v) is 4.82. The first-order valence-corrected chi connectivity index (χ1v) is 10.1. The number of likely N-dealkylation sites (N-methyl/N-ethyl adjacent to an activating group) is 1. The molecule has 0 heterocycles. The van der Waals surface area contributed by atoms with Gasteiger partial charge in [0.25, 0.3) is 5.91 Å². The molecule has 158 valence electrons. The smallest absolute Gasteiger partial charge is 0.254 e. The fourth-order valence-corrected chi connectivity index (χ4v) is 3.23. The highest BCUT2D eigenvalue weighted by atomic mass is 35.5. The highest BCUT2D eigenvalue weighted by Gasteiger charge is 2.19. The average Bonchev–Trinajstić information content (AvgIpc) is 2.78. The summed E-state index contributed by atoms with van der Waals surface area (Å²) >= 11 is 6.02. The van der Waals surface area contributed by atoms with Crippen molar-refractivity contribution < 1.29 is 14.3 Å². The van der Waals surface area contributed by atoms with Gasteiger partial charge in [0.2, 0.25) is 5.91 Å². The summed E-state index contributed by atoms with van der Waals surface area (Å²) in [6.07, 6.45) is 1.83. The van der Waals surface area contributed by atoms with E-state index >= 15 is 0 Å². The molecule has 5 nitrogen and oxygen atoms in total. The van der Waals surface area contributed by atoms with Crippen LogP contribution >= 0.6 is 11.6 Å². The van der Waals surface area contributed by atoms with Gasteiger partial charge >= 0.3 is 0 Å². The van der Waals surface area contributed by atoms with E-state index in [9.17, 15) is 9.59 Å². The summed E-state index contributed by atoms with van der Waals surface area (Å²) in [5.41, 5.74) is 2.63. The SMILES string of the molecule is COc1ccc(Cl)cc1NC(=O)CN(C)C(=O)C(=Cc1ccccc1)c1ccccc1. The number of carbonyl (C=O) groups excluding carboxylic acids is 2.